The predicted molar refractivity (Wildman–Crippen MR) is 85.8 cm³/mol. The van der Waals surface area contributed by atoms with Gasteiger partial charge in [-0.25, -0.2) is 4.39 Å². The summed E-state index contributed by atoms with van der Waals surface area (Å²) in [6.45, 7) is 3.85. The molecule has 1 aromatic carbocycles. The lowest BCUT2D eigenvalue weighted by Gasteiger charge is -2.11. The average molecular weight is 315 g/mol. The van der Waals surface area contributed by atoms with Gasteiger partial charge in [-0.1, -0.05) is 19.1 Å². The zero-order valence-corrected chi connectivity index (χ0v) is 13.0. The minimum absolute atomic E-state index is 0.0263. The van der Waals surface area contributed by atoms with Gasteiger partial charge in [-0.2, -0.15) is 0 Å². The van der Waals surface area contributed by atoms with E-state index < -0.39 is 11.7 Å². The van der Waals surface area contributed by atoms with Crippen LogP contribution in [0.1, 0.15) is 41.0 Å². The third-order valence-electron chi connectivity index (χ3n) is 3.37. The highest BCUT2D eigenvalue weighted by atomic mass is 19.1. The molecule has 0 aliphatic rings. The van der Waals surface area contributed by atoms with Gasteiger partial charge >= 0.3 is 0 Å². The third-order valence-corrected chi connectivity index (χ3v) is 3.37. The van der Waals surface area contributed by atoms with Crippen LogP contribution in [0.3, 0.4) is 0 Å². The van der Waals surface area contributed by atoms with Crippen molar-refractivity contribution >= 4 is 17.5 Å². The first-order valence-electron chi connectivity index (χ1n) is 7.33. The van der Waals surface area contributed by atoms with Crippen LogP contribution in [0.4, 0.5) is 10.1 Å². The van der Waals surface area contributed by atoms with Gasteiger partial charge in [0.25, 0.3) is 11.8 Å². The molecular weight excluding hydrogens is 297 g/mol. The fourth-order valence-electron chi connectivity index (χ4n) is 1.85. The molecule has 2 N–H and O–H groups in total. The second-order valence-electron chi connectivity index (χ2n) is 5.18. The van der Waals surface area contributed by atoms with Gasteiger partial charge in [-0.3, -0.25) is 14.6 Å². The average Bonchev–Trinajstić information content (AvgIpc) is 2.56. The summed E-state index contributed by atoms with van der Waals surface area (Å²) in [5.41, 5.74) is 0.545. The molecule has 120 valence electrons. The summed E-state index contributed by atoms with van der Waals surface area (Å²) in [4.78, 5) is 28.1. The van der Waals surface area contributed by atoms with E-state index in [9.17, 15) is 14.0 Å². The summed E-state index contributed by atoms with van der Waals surface area (Å²) in [6, 6.07) is 7.32. The number of hydrogen-bond donors (Lipinski definition) is 2. The number of aromatic nitrogens is 1. The molecule has 23 heavy (non-hydrogen) atoms. The highest BCUT2D eigenvalue weighted by molar-refractivity contribution is 6.05. The fourth-order valence-corrected chi connectivity index (χ4v) is 1.85. The van der Waals surface area contributed by atoms with Gasteiger partial charge in [0, 0.05) is 18.4 Å². The number of hydrogen-bond acceptors (Lipinski definition) is 3. The zero-order valence-electron chi connectivity index (χ0n) is 13.0. The van der Waals surface area contributed by atoms with Gasteiger partial charge in [-0.15, -0.1) is 0 Å². The molecule has 0 saturated heterocycles. The maximum absolute atomic E-state index is 13.6. The van der Waals surface area contributed by atoms with Crippen molar-refractivity contribution < 1.29 is 14.0 Å². The predicted octanol–water partition coefficient (Wildman–Crippen LogP) is 3.00. The summed E-state index contributed by atoms with van der Waals surface area (Å²) in [5.74, 6) is -1.35. The van der Waals surface area contributed by atoms with Crippen LogP contribution in [0.5, 0.6) is 0 Å². The molecular formula is C17H18FN3O2. The Balaban J connectivity index is 2.14. The van der Waals surface area contributed by atoms with E-state index >= 15 is 0 Å². The Bertz CT molecular complexity index is 718. The summed E-state index contributed by atoms with van der Waals surface area (Å²) in [7, 11) is 0. The fraction of sp³-hybridized carbons (Fsp3) is 0.235. The Labute approximate surface area is 133 Å². The maximum atomic E-state index is 13.6. The maximum Gasteiger partial charge on any atom is 0.257 e. The third kappa shape index (κ3) is 4.35. The van der Waals surface area contributed by atoms with Crippen LogP contribution in [-0.4, -0.2) is 22.8 Å². The largest absolute Gasteiger partial charge is 0.350 e. The summed E-state index contributed by atoms with van der Waals surface area (Å²) >= 11 is 0. The molecule has 0 spiro atoms. The van der Waals surface area contributed by atoms with Crippen molar-refractivity contribution in [2.75, 3.05) is 5.32 Å². The monoisotopic (exact) mass is 315 g/mol. The van der Waals surface area contributed by atoms with Crippen LogP contribution in [0.25, 0.3) is 0 Å². The number of para-hydroxylation sites is 1. The first-order valence-corrected chi connectivity index (χ1v) is 7.33. The van der Waals surface area contributed by atoms with Crippen molar-refractivity contribution in [1.29, 1.82) is 0 Å². The number of pyridine rings is 1. The summed E-state index contributed by atoms with van der Waals surface area (Å²) in [5, 5.41) is 5.26. The second kappa shape index (κ2) is 7.49. The van der Waals surface area contributed by atoms with Crippen molar-refractivity contribution in [3.8, 4) is 0 Å². The smallest absolute Gasteiger partial charge is 0.257 e. The standard InChI is InChI=1S/C17H18FN3O2/c1-3-11(2)20-16(22)12-8-13(10-19-9-12)17(23)21-15-7-5-4-6-14(15)18/h4-11H,3H2,1-2H3,(H,20,22)(H,21,23). The van der Waals surface area contributed by atoms with E-state index in [4.69, 9.17) is 0 Å². The van der Waals surface area contributed by atoms with Crippen LogP contribution in [0, 0.1) is 5.82 Å². The molecule has 1 atom stereocenters. The van der Waals surface area contributed by atoms with Gasteiger partial charge in [0.1, 0.15) is 5.82 Å². The normalized spacial score (nSPS) is 11.6. The van der Waals surface area contributed by atoms with E-state index in [1.165, 1.54) is 36.7 Å². The molecule has 1 heterocycles. The van der Waals surface area contributed by atoms with Crippen LogP contribution in [-0.2, 0) is 0 Å². The number of benzene rings is 1. The molecule has 0 aliphatic carbocycles. The van der Waals surface area contributed by atoms with Crippen molar-refractivity contribution in [1.82, 2.24) is 10.3 Å². The number of amides is 2. The van der Waals surface area contributed by atoms with Crippen LogP contribution in [0.2, 0.25) is 0 Å². The van der Waals surface area contributed by atoms with E-state index in [0.29, 0.717) is 0 Å². The number of nitrogens with one attached hydrogen (secondary N) is 2. The summed E-state index contributed by atoms with van der Waals surface area (Å²) in [6.07, 6.45) is 3.51. The molecule has 5 nitrogen and oxygen atoms in total. The van der Waals surface area contributed by atoms with Gasteiger partial charge in [0.05, 0.1) is 16.8 Å². The number of anilines is 1. The lowest BCUT2D eigenvalue weighted by Crippen LogP contribution is -2.32. The van der Waals surface area contributed by atoms with E-state index in [1.807, 2.05) is 13.8 Å². The molecule has 0 bridgehead atoms. The van der Waals surface area contributed by atoms with Gasteiger partial charge in [-0.05, 0) is 31.5 Å². The topological polar surface area (TPSA) is 71.1 Å². The number of carbonyl (C=O) groups excluding carboxylic acids is 2. The molecule has 0 aliphatic heterocycles. The van der Waals surface area contributed by atoms with Gasteiger partial charge in [0.15, 0.2) is 0 Å². The second-order valence-corrected chi connectivity index (χ2v) is 5.18. The molecule has 6 heteroatoms. The highest BCUT2D eigenvalue weighted by Gasteiger charge is 2.14. The molecule has 0 fully saturated rings. The van der Waals surface area contributed by atoms with Crippen molar-refractivity contribution in [2.45, 2.75) is 26.3 Å². The van der Waals surface area contributed by atoms with Crippen molar-refractivity contribution in [3.05, 3.63) is 59.7 Å². The first kappa shape index (κ1) is 16.6. The quantitative estimate of drug-likeness (QED) is 0.891. The SMILES string of the molecule is CCC(C)NC(=O)c1cncc(C(=O)Nc2ccccc2F)c1. The molecule has 1 aromatic heterocycles. The van der Waals surface area contributed by atoms with E-state index in [0.717, 1.165) is 6.42 Å². The Morgan fingerprint density at radius 2 is 1.83 bits per heavy atom. The Morgan fingerprint density at radius 1 is 1.17 bits per heavy atom. The number of nitrogens with zero attached hydrogens (tertiary/aromatic N) is 1. The Morgan fingerprint density at radius 3 is 2.48 bits per heavy atom. The highest BCUT2D eigenvalue weighted by Crippen LogP contribution is 2.14. The van der Waals surface area contributed by atoms with E-state index in [1.54, 1.807) is 6.07 Å². The lowest BCUT2D eigenvalue weighted by molar-refractivity contribution is 0.0939. The number of rotatable bonds is 5. The van der Waals surface area contributed by atoms with E-state index in [-0.39, 0.29) is 28.8 Å². The molecule has 1 unspecified atom stereocenters. The number of carbonyl (C=O) groups is 2. The Kier molecular flexibility index (Phi) is 5.41. The first-order chi connectivity index (χ1) is 11.0. The Hall–Kier alpha value is -2.76. The minimum Gasteiger partial charge on any atom is -0.350 e. The number of halogens is 1. The van der Waals surface area contributed by atoms with Crippen LogP contribution >= 0.6 is 0 Å². The molecule has 2 aromatic rings. The lowest BCUT2D eigenvalue weighted by atomic mass is 10.1. The van der Waals surface area contributed by atoms with Crippen molar-refractivity contribution in [2.24, 2.45) is 0 Å². The van der Waals surface area contributed by atoms with Crippen LogP contribution < -0.4 is 10.6 Å². The molecule has 0 saturated carbocycles. The zero-order chi connectivity index (χ0) is 16.8. The molecule has 0 radical (unpaired) electrons. The molecule has 2 rings (SSSR count). The summed E-state index contributed by atoms with van der Waals surface area (Å²) < 4.78 is 13.6. The molecule has 2 amide bonds. The van der Waals surface area contributed by atoms with E-state index in [2.05, 4.69) is 15.6 Å². The van der Waals surface area contributed by atoms with Crippen molar-refractivity contribution in [3.63, 3.8) is 0 Å². The van der Waals surface area contributed by atoms with Gasteiger partial charge in [0.2, 0.25) is 0 Å². The van der Waals surface area contributed by atoms with Crippen LogP contribution in [0.15, 0.2) is 42.7 Å². The van der Waals surface area contributed by atoms with Gasteiger partial charge < -0.3 is 10.6 Å². The minimum atomic E-state index is -0.528.